The van der Waals surface area contributed by atoms with Crippen molar-refractivity contribution in [3.8, 4) is 0 Å². The minimum Gasteiger partial charge on any atom is -0.395 e. The molecule has 1 saturated heterocycles. The van der Waals surface area contributed by atoms with Gasteiger partial charge in [0.25, 0.3) is 0 Å². The van der Waals surface area contributed by atoms with Gasteiger partial charge in [0.05, 0.1) is 19.8 Å². The van der Waals surface area contributed by atoms with Crippen molar-refractivity contribution in [1.29, 1.82) is 0 Å². The highest BCUT2D eigenvalue weighted by Crippen LogP contribution is 2.25. The lowest BCUT2D eigenvalue weighted by Gasteiger charge is -2.37. The smallest absolute Gasteiger partial charge is 0.159 e. The second-order valence-corrected chi connectivity index (χ2v) is 5.02. The Morgan fingerprint density at radius 3 is 2.10 bits per heavy atom. The molecule has 1 aliphatic rings. The quantitative estimate of drug-likeness (QED) is 0.559. The van der Waals surface area contributed by atoms with Crippen molar-refractivity contribution in [2.45, 2.75) is 4.75 Å². The van der Waals surface area contributed by atoms with Crippen LogP contribution in [0.3, 0.4) is 0 Å². The highest BCUT2D eigenvalue weighted by atomic mass is 32.2. The van der Waals surface area contributed by atoms with Crippen LogP contribution in [0.2, 0.25) is 0 Å². The summed E-state index contributed by atoms with van der Waals surface area (Å²) in [6.07, 6.45) is 1.12. The van der Waals surface area contributed by atoms with Crippen LogP contribution in [0.1, 0.15) is 0 Å². The molecular formula is C5H10O4S. The van der Waals surface area contributed by atoms with Crippen LogP contribution in [0.15, 0.2) is 0 Å². The lowest BCUT2D eigenvalue weighted by Crippen LogP contribution is -2.58. The first kappa shape index (κ1) is 7.97. The third-order valence-corrected chi connectivity index (χ3v) is 3.74. The molecule has 60 valence electrons. The van der Waals surface area contributed by atoms with Crippen molar-refractivity contribution in [2.75, 3.05) is 26.1 Å². The molecule has 0 atom stereocenters. The molecule has 0 radical (unpaired) electrons. The zero-order valence-electron chi connectivity index (χ0n) is 5.70. The molecule has 0 aromatic carbocycles. The van der Waals surface area contributed by atoms with Gasteiger partial charge in [0.15, 0.2) is 9.84 Å². The summed E-state index contributed by atoms with van der Waals surface area (Å²) in [4.78, 5) is 0. The molecule has 1 rings (SSSR count). The van der Waals surface area contributed by atoms with Gasteiger partial charge in [-0.15, -0.1) is 0 Å². The van der Waals surface area contributed by atoms with Crippen LogP contribution in [0, 0.1) is 0 Å². The van der Waals surface area contributed by atoms with E-state index in [-0.39, 0.29) is 19.8 Å². The lowest BCUT2D eigenvalue weighted by molar-refractivity contribution is -0.0364. The standard InChI is InChI=1S/C5H10O4S/c1-10(7,8)5(2-6)3-9-4-5/h6H,2-4H2,1H3. The number of sulfone groups is 1. The van der Waals surface area contributed by atoms with Crippen LogP contribution in [-0.2, 0) is 14.6 Å². The predicted octanol–water partition coefficient (Wildman–Crippen LogP) is -1.21. The number of hydrogen-bond acceptors (Lipinski definition) is 4. The Labute approximate surface area is 59.7 Å². The minimum absolute atomic E-state index is 0.127. The van der Waals surface area contributed by atoms with Crippen LogP contribution in [0.25, 0.3) is 0 Å². The molecule has 1 fully saturated rings. The van der Waals surface area contributed by atoms with E-state index in [2.05, 4.69) is 0 Å². The number of aliphatic hydroxyl groups is 1. The summed E-state index contributed by atoms with van der Waals surface area (Å²) in [5.41, 5.74) is 0. The summed E-state index contributed by atoms with van der Waals surface area (Å²) >= 11 is 0. The van der Waals surface area contributed by atoms with Gasteiger partial charge in [-0.2, -0.15) is 0 Å². The Morgan fingerprint density at radius 1 is 1.60 bits per heavy atom. The Bertz CT molecular complexity index is 208. The number of rotatable bonds is 2. The van der Waals surface area contributed by atoms with E-state index in [1.54, 1.807) is 0 Å². The fourth-order valence-corrected chi connectivity index (χ4v) is 1.58. The van der Waals surface area contributed by atoms with E-state index in [0.717, 1.165) is 6.26 Å². The molecule has 1 heterocycles. The molecule has 0 saturated carbocycles. The fraction of sp³-hybridized carbons (Fsp3) is 1.00. The average molecular weight is 166 g/mol. The van der Waals surface area contributed by atoms with E-state index >= 15 is 0 Å². The van der Waals surface area contributed by atoms with Crippen LogP contribution >= 0.6 is 0 Å². The predicted molar refractivity (Wildman–Crippen MR) is 35.5 cm³/mol. The molecule has 1 aliphatic heterocycles. The van der Waals surface area contributed by atoms with Gasteiger partial charge in [0, 0.05) is 6.26 Å². The first-order valence-electron chi connectivity index (χ1n) is 2.90. The Morgan fingerprint density at radius 2 is 2.10 bits per heavy atom. The molecule has 5 heteroatoms. The fourth-order valence-electron chi connectivity index (χ4n) is 0.752. The molecule has 0 aliphatic carbocycles. The summed E-state index contributed by atoms with van der Waals surface area (Å²) in [5, 5.41) is 8.71. The third-order valence-electron chi connectivity index (χ3n) is 1.80. The second-order valence-electron chi connectivity index (χ2n) is 2.61. The van der Waals surface area contributed by atoms with E-state index in [0.29, 0.717) is 0 Å². The highest BCUT2D eigenvalue weighted by Gasteiger charge is 2.47. The minimum atomic E-state index is -3.15. The highest BCUT2D eigenvalue weighted by molar-refractivity contribution is 7.92. The number of aliphatic hydroxyl groups excluding tert-OH is 1. The van der Waals surface area contributed by atoms with Crippen molar-refractivity contribution >= 4 is 9.84 Å². The molecule has 0 amide bonds. The molecular weight excluding hydrogens is 156 g/mol. The molecule has 0 spiro atoms. The zero-order valence-corrected chi connectivity index (χ0v) is 6.52. The molecule has 1 N–H and O–H groups in total. The van der Waals surface area contributed by atoms with Crippen molar-refractivity contribution in [3.05, 3.63) is 0 Å². The number of ether oxygens (including phenoxy) is 1. The van der Waals surface area contributed by atoms with E-state index < -0.39 is 14.6 Å². The molecule has 4 nitrogen and oxygen atoms in total. The van der Waals surface area contributed by atoms with Crippen molar-refractivity contribution < 1.29 is 18.3 Å². The Balaban J connectivity index is 2.85. The van der Waals surface area contributed by atoms with Gasteiger partial charge in [-0.3, -0.25) is 0 Å². The lowest BCUT2D eigenvalue weighted by atomic mass is 10.1. The maximum atomic E-state index is 10.9. The second kappa shape index (κ2) is 2.18. The molecule has 0 unspecified atom stereocenters. The topological polar surface area (TPSA) is 63.6 Å². The normalized spacial score (nSPS) is 23.8. The van der Waals surface area contributed by atoms with Crippen molar-refractivity contribution in [2.24, 2.45) is 0 Å². The summed E-state index contributed by atoms with van der Waals surface area (Å²) in [6, 6.07) is 0. The van der Waals surface area contributed by atoms with Gasteiger partial charge >= 0.3 is 0 Å². The zero-order chi connectivity index (χ0) is 7.83. The maximum Gasteiger partial charge on any atom is 0.159 e. The van der Waals surface area contributed by atoms with Gasteiger partial charge in [-0.05, 0) is 0 Å². The van der Waals surface area contributed by atoms with Crippen LogP contribution in [-0.4, -0.2) is 44.3 Å². The summed E-state index contributed by atoms with van der Waals surface area (Å²) in [5.74, 6) is 0. The Hall–Kier alpha value is -0.130. The van der Waals surface area contributed by atoms with E-state index in [1.807, 2.05) is 0 Å². The first-order chi connectivity index (χ1) is 4.52. The first-order valence-corrected chi connectivity index (χ1v) is 4.79. The largest absolute Gasteiger partial charge is 0.395 e. The van der Waals surface area contributed by atoms with Gasteiger partial charge in [0.2, 0.25) is 0 Å². The van der Waals surface area contributed by atoms with Crippen LogP contribution in [0.5, 0.6) is 0 Å². The molecule has 0 bridgehead atoms. The SMILES string of the molecule is CS(=O)(=O)C1(CO)COC1. The monoisotopic (exact) mass is 166 g/mol. The van der Waals surface area contributed by atoms with E-state index in [1.165, 1.54) is 0 Å². The van der Waals surface area contributed by atoms with Gasteiger partial charge in [-0.25, -0.2) is 8.42 Å². The average Bonchev–Trinajstić information content (AvgIpc) is 1.58. The van der Waals surface area contributed by atoms with Gasteiger partial charge < -0.3 is 9.84 Å². The maximum absolute atomic E-state index is 10.9. The van der Waals surface area contributed by atoms with E-state index in [9.17, 15) is 8.42 Å². The van der Waals surface area contributed by atoms with Crippen LogP contribution < -0.4 is 0 Å². The van der Waals surface area contributed by atoms with Gasteiger partial charge in [-0.1, -0.05) is 0 Å². The third kappa shape index (κ3) is 0.941. The van der Waals surface area contributed by atoms with Crippen LogP contribution in [0.4, 0.5) is 0 Å². The van der Waals surface area contributed by atoms with E-state index in [4.69, 9.17) is 9.84 Å². The van der Waals surface area contributed by atoms with Gasteiger partial charge in [0.1, 0.15) is 4.75 Å². The molecule has 0 aromatic heterocycles. The summed E-state index contributed by atoms with van der Waals surface area (Å²) in [6.45, 7) is -0.0868. The molecule has 0 aromatic rings. The Kier molecular flexibility index (Phi) is 1.74. The summed E-state index contributed by atoms with van der Waals surface area (Å²) < 4.78 is 25.6. The molecule has 10 heavy (non-hydrogen) atoms. The summed E-state index contributed by atoms with van der Waals surface area (Å²) in [7, 11) is -3.15. The van der Waals surface area contributed by atoms with Crippen molar-refractivity contribution in [1.82, 2.24) is 0 Å². The van der Waals surface area contributed by atoms with Crippen molar-refractivity contribution in [3.63, 3.8) is 0 Å². The number of hydrogen-bond donors (Lipinski definition) is 1.